The van der Waals surface area contributed by atoms with Gasteiger partial charge in [-0.25, -0.2) is 4.79 Å². The Labute approximate surface area is 140 Å². The fraction of sp³-hybridized carbons (Fsp3) is 0.278. The summed E-state index contributed by atoms with van der Waals surface area (Å²) in [6.45, 7) is 4.11. The Hall–Kier alpha value is -2.89. The maximum atomic E-state index is 11.8. The Morgan fingerprint density at radius 3 is 2.17 bits per heavy atom. The summed E-state index contributed by atoms with van der Waals surface area (Å²) in [5.74, 6) is -1.04. The first-order valence-electron chi connectivity index (χ1n) is 7.68. The van der Waals surface area contributed by atoms with Crippen molar-refractivity contribution in [1.29, 1.82) is 0 Å². The van der Waals surface area contributed by atoms with E-state index in [0.717, 1.165) is 5.56 Å². The van der Waals surface area contributed by atoms with Crippen molar-refractivity contribution >= 4 is 17.3 Å². The number of non-ortho nitro benzene ring substituents is 1. The summed E-state index contributed by atoms with van der Waals surface area (Å²) in [6, 6.07) is 14.8. The number of hydrogen-bond donors (Lipinski definition) is 1. The van der Waals surface area contributed by atoms with Crippen LogP contribution in [-0.4, -0.2) is 22.0 Å². The van der Waals surface area contributed by atoms with Gasteiger partial charge in [-0.15, -0.1) is 0 Å². The van der Waals surface area contributed by atoms with Crippen molar-refractivity contribution in [3.8, 4) is 0 Å². The van der Waals surface area contributed by atoms with Crippen LogP contribution in [0.1, 0.15) is 19.4 Å². The summed E-state index contributed by atoms with van der Waals surface area (Å²) in [5.41, 5.74) is 1.60. The highest BCUT2D eigenvalue weighted by Gasteiger charge is 2.29. The van der Waals surface area contributed by atoms with Gasteiger partial charge in [-0.1, -0.05) is 44.2 Å². The van der Waals surface area contributed by atoms with Gasteiger partial charge in [0, 0.05) is 24.4 Å². The number of rotatable bonds is 7. The number of carboxylic acids is 1. The van der Waals surface area contributed by atoms with Crippen LogP contribution in [0.5, 0.6) is 0 Å². The fourth-order valence-corrected chi connectivity index (χ4v) is 2.67. The van der Waals surface area contributed by atoms with Crippen LogP contribution in [0.25, 0.3) is 0 Å². The Bertz CT molecular complexity index is 699. The second-order valence-electron chi connectivity index (χ2n) is 5.91. The first-order chi connectivity index (χ1) is 11.4. The molecule has 0 spiro atoms. The summed E-state index contributed by atoms with van der Waals surface area (Å²) < 4.78 is 0. The third-order valence-electron chi connectivity index (χ3n) is 3.81. The topological polar surface area (TPSA) is 83.7 Å². The van der Waals surface area contributed by atoms with Crippen molar-refractivity contribution in [3.63, 3.8) is 0 Å². The lowest BCUT2D eigenvalue weighted by Gasteiger charge is -2.33. The third-order valence-corrected chi connectivity index (χ3v) is 3.81. The Kier molecular flexibility index (Phi) is 5.52. The Morgan fingerprint density at radius 2 is 1.71 bits per heavy atom. The largest absolute Gasteiger partial charge is 0.480 e. The van der Waals surface area contributed by atoms with Crippen LogP contribution in [0.3, 0.4) is 0 Å². The van der Waals surface area contributed by atoms with Gasteiger partial charge in [-0.2, -0.15) is 0 Å². The van der Waals surface area contributed by atoms with Crippen LogP contribution in [0, 0.1) is 16.0 Å². The van der Waals surface area contributed by atoms with Crippen molar-refractivity contribution in [2.45, 2.75) is 26.4 Å². The lowest BCUT2D eigenvalue weighted by molar-refractivity contribution is -0.384. The van der Waals surface area contributed by atoms with Gasteiger partial charge in [0.2, 0.25) is 0 Å². The van der Waals surface area contributed by atoms with Crippen LogP contribution in [0.2, 0.25) is 0 Å². The molecule has 0 saturated carbocycles. The van der Waals surface area contributed by atoms with Crippen molar-refractivity contribution in [2.75, 3.05) is 4.90 Å². The standard InChI is InChI=1S/C18H20N2O4/c1-13(2)17(18(21)22)19(12-14-6-4-3-5-7-14)15-8-10-16(11-9-15)20(23)24/h3-11,13,17H,12H2,1-2H3,(H,21,22). The van der Waals surface area contributed by atoms with Crippen molar-refractivity contribution in [2.24, 2.45) is 5.92 Å². The van der Waals surface area contributed by atoms with Crippen LogP contribution in [0.4, 0.5) is 11.4 Å². The number of hydrogen-bond acceptors (Lipinski definition) is 4. The van der Waals surface area contributed by atoms with E-state index in [1.165, 1.54) is 12.1 Å². The van der Waals surface area contributed by atoms with Gasteiger partial charge >= 0.3 is 5.97 Å². The van der Waals surface area contributed by atoms with Crippen LogP contribution < -0.4 is 4.90 Å². The minimum atomic E-state index is -0.917. The van der Waals surface area contributed by atoms with Gasteiger partial charge in [0.05, 0.1) is 4.92 Å². The molecule has 2 aromatic rings. The van der Waals surface area contributed by atoms with E-state index in [0.29, 0.717) is 12.2 Å². The molecule has 0 amide bonds. The molecule has 0 saturated heterocycles. The van der Waals surface area contributed by atoms with E-state index < -0.39 is 16.9 Å². The molecule has 0 radical (unpaired) electrons. The number of nitro benzene ring substituents is 1. The predicted octanol–water partition coefficient (Wildman–Crippen LogP) is 3.71. The monoisotopic (exact) mass is 328 g/mol. The van der Waals surface area contributed by atoms with Crippen molar-refractivity contribution in [1.82, 2.24) is 0 Å². The highest BCUT2D eigenvalue weighted by atomic mass is 16.6. The molecule has 24 heavy (non-hydrogen) atoms. The molecule has 2 aromatic carbocycles. The van der Waals surface area contributed by atoms with Gasteiger partial charge in [-0.05, 0) is 23.6 Å². The smallest absolute Gasteiger partial charge is 0.326 e. The van der Waals surface area contributed by atoms with Crippen LogP contribution in [-0.2, 0) is 11.3 Å². The number of carboxylic acid groups (broad SMARTS) is 1. The van der Waals surface area contributed by atoms with Crippen molar-refractivity contribution in [3.05, 3.63) is 70.3 Å². The van der Waals surface area contributed by atoms with E-state index in [1.807, 2.05) is 44.2 Å². The first kappa shape index (κ1) is 17.5. The SMILES string of the molecule is CC(C)C(C(=O)O)N(Cc1ccccc1)c1ccc([N+](=O)[O-])cc1. The average molecular weight is 328 g/mol. The molecule has 0 aliphatic rings. The fourth-order valence-electron chi connectivity index (χ4n) is 2.67. The van der Waals surface area contributed by atoms with Crippen LogP contribution in [0.15, 0.2) is 54.6 Å². The second-order valence-corrected chi connectivity index (χ2v) is 5.91. The molecule has 0 aliphatic heterocycles. The minimum Gasteiger partial charge on any atom is -0.480 e. The maximum absolute atomic E-state index is 11.8. The number of nitro groups is 1. The molecule has 126 valence electrons. The molecule has 1 atom stereocenters. The number of anilines is 1. The van der Waals surface area contributed by atoms with Gasteiger partial charge in [-0.3, -0.25) is 10.1 Å². The third kappa shape index (κ3) is 4.10. The molecule has 1 N–H and O–H groups in total. The molecule has 6 nitrogen and oxygen atoms in total. The van der Waals surface area contributed by atoms with Gasteiger partial charge in [0.1, 0.15) is 6.04 Å². The molecular weight excluding hydrogens is 308 g/mol. The highest BCUT2D eigenvalue weighted by molar-refractivity contribution is 5.78. The van der Waals surface area contributed by atoms with Crippen LogP contribution >= 0.6 is 0 Å². The second kappa shape index (κ2) is 7.59. The molecule has 0 fully saturated rings. The Balaban J connectivity index is 2.41. The van der Waals surface area contributed by atoms with Gasteiger partial charge in [0.25, 0.3) is 5.69 Å². The zero-order chi connectivity index (χ0) is 17.7. The average Bonchev–Trinajstić information content (AvgIpc) is 2.54. The minimum absolute atomic E-state index is 0.0187. The molecule has 0 aromatic heterocycles. The van der Waals surface area contributed by atoms with E-state index in [-0.39, 0.29) is 11.6 Å². The van der Waals surface area contributed by atoms with E-state index in [1.54, 1.807) is 17.0 Å². The summed E-state index contributed by atoms with van der Waals surface area (Å²) in [5, 5.41) is 20.5. The quantitative estimate of drug-likeness (QED) is 0.619. The normalized spacial score (nSPS) is 12.0. The van der Waals surface area contributed by atoms with Gasteiger partial charge < -0.3 is 10.0 Å². The molecule has 2 rings (SSSR count). The van der Waals surface area contributed by atoms with E-state index in [4.69, 9.17) is 0 Å². The molecule has 0 aliphatic carbocycles. The lowest BCUT2D eigenvalue weighted by atomic mass is 10.0. The highest BCUT2D eigenvalue weighted by Crippen LogP contribution is 2.26. The molecule has 1 unspecified atom stereocenters. The zero-order valence-electron chi connectivity index (χ0n) is 13.6. The Morgan fingerprint density at radius 1 is 1.12 bits per heavy atom. The molecular formula is C18H20N2O4. The number of benzene rings is 2. The van der Waals surface area contributed by atoms with Gasteiger partial charge in [0.15, 0.2) is 0 Å². The number of carbonyl (C=O) groups is 1. The van der Waals surface area contributed by atoms with E-state index in [2.05, 4.69) is 0 Å². The first-order valence-corrected chi connectivity index (χ1v) is 7.68. The zero-order valence-corrected chi connectivity index (χ0v) is 13.6. The summed E-state index contributed by atoms with van der Waals surface area (Å²) in [6.07, 6.45) is 0. The van der Waals surface area contributed by atoms with E-state index in [9.17, 15) is 20.0 Å². The maximum Gasteiger partial charge on any atom is 0.326 e. The number of nitrogens with zero attached hydrogens (tertiary/aromatic N) is 2. The summed E-state index contributed by atoms with van der Waals surface area (Å²) in [4.78, 5) is 23.9. The summed E-state index contributed by atoms with van der Waals surface area (Å²) in [7, 11) is 0. The number of aliphatic carboxylic acids is 1. The molecule has 0 bridgehead atoms. The van der Waals surface area contributed by atoms with Crippen molar-refractivity contribution < 1.29 is 14.8 Å². The molecule has 0 heterocycles. The summed E-state index contributed by atoms with van der Waals surface area (Å²) >= 11 is 0. The lowest BCUT2D eigenvalue weighted by Crippen LogP contribution is -2.44. The molecule has 6 heteroatoms. The van der Waals surface area contributed by atoms with E-state index >= 15 is 0 Å². The predicted molar refractivity (Wildman–Crippen MR) is 92.0 cm³/mol.